The van der Waals surface area contributed by atoms with Gasteiger partial charge >= 0.3 is 0 Å². The molecule has 0 saturated carbocycles. The van der Waals surface area contributed by atoms with Crippen LogP contribution in [0.3, 0.4) is 0 Å². The molecule has 0 fully saturated rings. The van der Waals surface area contributed by atoms with Crippen LogP contribution < -0.4 is 9.30 Å². The molecule has 8 heteroatoms. The van der Waals surface area contributed by atoms with Gasteiger partial charge in [-0.3, -0.25) is 4.57 Å². The Labute approximate surface area is 369 Å². The van der Waals surface area contributed by atoms with Crippen molar-refractivity contribution in [3.63, 3.8) is 0 Å². The van der Waals surface area contributed by atoms with Crippen LogP contribution in [0.2, 0.25) is 0 Å². The van der Waals surface area contributed by atoms with E-state index in [1.807, 2.05) is 71.4 Å². The number of benzene rings is 8. The third-order valence-electron chi connectivity index (χ3n) is 11.8. The van der Waals surface area contributed by atoms with Gasteiger partial charge in [0.1, 0.15) is 17.0 Å². The molecule has 296 valence electrons. The minimum absolute atomic E-state index is 0. The molecule has 0 N–H and O–H groups in total. The van der Waals surface area contributed by atoms with Crippen LogP contribution in [-0.2, 0) is 21.1 Å². The van der Waals surface area contributed by atoms with E-state index in [0.717, 1.165) is 88.7 Å². The first kappa shape index (κ1) is 36.1. The zero-order valence-electron chi connectivity index (χ0n) is 32.8. The van der Waals surface area contributed by atoms with Crippen LogP contribution in [-0.4, -0.2) is 18.7 Å². The maximum absolute atomic E-state index is 6.58. The van der Waals surface area contributed by atoms with Gasteiger partial charge in [0, 0.05) is 59.6 Å². The van der Waals surface area contributed by atoms with Crippen molar-refractivity contribution in [2.75, 3.05) is 0 Å². The monoisotopic (exact) mass is 976 g/mol. The van der Waals surface area contributed by atoms with E-state index in [9.17, 15) is 0 Å². The van der Waals surface area contributed by atoms with E-state index < -0.39 is 0 Å². The van der Waals surface area contributed by atoms with E-state index in [0.29, 0.717) is 11.5 Å². The molecule has 13 rings (SSSR count). The third-order valence-corrected chi connectivity index (χ3v) is 11.8. The van der Waals surface area contributed by atoms with Crippen LogP contribution in [0.5, 0.6) is 11.5 Å². The van der Waals surface area contributed by atoms with Gasteiger partial charge in [0.05, 0.1) is 39.6 Å². The maximum atomic E-state index is 6.58. The molecule has 0 aliphatic heterocycles. The Hall–Kier alpha value is -7.73. The van der Waals surface area contributed by atoms with Crippen molar-refractivity contribution in [2.45, 2.75) is 0 Å². The van der Waals surface area contributed by atoms with E-state index in [4.69, 9.17) is 14.1 Å². The average molecular weight is 977 g/mol. The quantitative estimate of drug-likeness (QED) is 0.123. The van der Waals surface area contributed by atoms with Gasteiger partial charge in [0.25, 0.3) is 6.33 Å². The molecule has 0 spiro atoms. The first-order valence-corrected chi connectivity index (χ1v) is 20.2. The third kappa shape index (κ3) is 5.55. The molecule has 0 atom stereocenters. The number of para-hydroxylation sites is 6. The van der Waals surface area contributed by atoms with Gasteiger partial charge in [-0.15, -0.1) is 29.7 Å². The van der Waals surface area contributed by atoms with Crippen LogP contribution in [0, 0.1) is 18.5 Å². The standard InChI is InChI=1S/C54H31N5O2.Pt/c1-5-18-46-40(14-1)41-15-2-6-19-47(41)58(46)37-25-29-54(55-33-37)59-48-20-7-3-16-42(48)43-27-26-39(32-51(43)59)60-38-13-11-12-35(30-38)56-34-57(50-22-9-8-21-49(50)56)36-24-28-53-45(31-36)44-17-4-10-23-52(44)61-53;/h1-29,31,33H;/q-2;. The van der Waals surface area contributed by atoms with E-state index in [-0.39, 0.29) is 21.1 Å². The minimum Gasteiger partial charge on any atom is -0.510 e. The van der Waals surface area contributed by atoms with Gasteiger partial charge < -0.3 is 22.9 Å². The molecule has 5 heterocycles. The second-order valence-corrected chi connectivity index (χ2v) is 15.2. The van der Waals surface area contributed by atoms with Crippen LogP contribution in [0.4, 0.5) is 0 Å². The molecule has 0 amide bonds. The molecule has 5 aromatic heterocycles. The number of pyridine rings is 1. The zero-order chi connectivity index (χ0) is 40.0. The largest absolute Gasteiger partial charge is 0.510 e. The Morgan fingerprint density at radius 3 is 1.90 bits per heavy atom. The Morgan fingerprint density at radius 1 is 0.500 bits per heavy atom. The molecule has 62 heavy (non-hydrogen) atoms. The number of ether oxygens (including phenoxy) is 1. The number of hydrogen-bond donors (Lipinski definition) is 0. The molecule has 0 saturated heterocycles. The molecule has 0 aliphatic rings. The zero-order valence-corrected chi connectivity index (χ0v) is 35.0. The van der Waals surface area contributed by atoms with Crippen molar-refractivity contribution < 1.29 is 34.8 Å². The molecule has 0 bridgehead atoms. The topological polar surface area (TPSA) is 53.9 Å². The molecule has 0 radical (unpaired) electrons. The van der Waals surface area contributed by atoms with Crippen molar-refractivity contribution in [3.05, 3.63) is 207 Å². The SMILES string of the molecule is [Pt].[c-]1c(Oc2[c-]c3c(cc2)c2ccccc2n3-c2ccc(-n3c4ccccc4c4ccccc43)cn2)cccc1-n1[c-][n+](-c2ccc3oc4ccccc4c3c2)c2ccccc21. The van der Waals surface area contributed by atoms with E-state index in [1.165, 1.54) is 10.8 Å². The predicted molar refractivity (Wildman–Crippen MR) is 242 cm³/mol. The summed E-state index contributed by atoms with van der Waals surface area (Å²) in [5.41, 5.74) is 10.7. The van der Waals surface area contributed by atoms with E-state index >= 15 is 0 Å². The normalized spacial score (nSPS) is 11.7. The van der Waals surface area contributed by atoms with Crippen molar-refractivity contribution in [3.8, 4) is 34.4 Å². The van der Waals surface area contributed by atoms with Crippen LogP contribution in [0.25, 0.3) is 99.5 Å². The van der Waals surface area contributed by atoms with E-state index in [1.54, 1.807) is 0 Å². The molecule has 13 aromatic rings. The Kier molecular flexibility index (Phi) is 8.27. The summed E-state index contributed by atoms with van der Waals surface area (Å²) in [4.78, 5) is 5.09. The summed E-state index contributed by atoms with van der Waals surface area (Å²) in [6.45, 7) is 0. The minimum atomic E-state index is 0. The van der Waals surface area contributed by atoms with Gasteiger partial charge in [-0.25, -0.2) is 4.98 Å². The number of imidazole rings is 1. The number of nitrogens with zero attached hydrogens (tertiary/aromatic N) is 5. The van der Waals surface area contributed by atoms with E-state index in [2.05, 4.69) is 153 Å². The fraction of sp³-hybridized carbons (Fsp3) is 0. The van der Waals surface area contributed by atoms with Crippen LogP contribution in [0.15, 0.2) is 193 Å². The predicted octanol–water partition coefficient (Wildman–Crippen LogP) is 12.6. The molecule has 7 nitrogen and oxygen atoms in total. The van der Waals surface area contributed by atoms with Crippen molar-refractivity contribution in [1.82, 2.24) is 18.7 Å². The number of rotatable bonds is 6. The first-order chi connectivity index (χ1) is 30.2. The molecule has 0 aliphatic carbocycles. The number of aromatic nitrogens is 5. The molecular weight excluding hydrogens is 946 g/mol. The summed E-state index contributed by atoms with van der Waals surface area (Å²) in [6, 6.07) is 69.5. The molecular formula is C54H31N5O2Pt-2. The number of hydrogen-bond acceptors (Lipinski definition) is 3. The fourth-order valence-corrected chi connectivity index (χ4v) is 9.04. The summed E-state index contributed by atoms with van der Waals surface area (Å²) >= 11 is 0. The summed E-state index contributed by atoms with van der Waals surface area (Å²) in [5.74, 6) is 1.93. The number of fused-ring (bicyclic) bond motifs is 10. The number of furan rings is 1. The Morgan fingerprint density at radius 2 is 1.15 bits per heavy atom. The summed E-state index contributed by atoms with van der Waals surface area (Å²) in [7, 11) is 0. The van der Waals surface area contributed by atoms with Crippen molar-refractivity contribution in [2.24, 2.45) is 0 Å². The second kappa shape index (κ2) is 14.2. The van der Waals surface area contributed by atoms with Gasteiger partial charge in [-0.05, 0) is 65.7 Å². The van der Waals surface area contributed by atoms with Crippen molar-refractivity contribution >= 4 is 76.6 Å². The Bertz CT molecular complexity index is 3820. The maximum Gasteiger partial charge on any atom is 0.268 e. The van der Waals surface area contributed by atoms with Crippen LogP contribution in [0.1, 0.15) is 0 Å². The van der Waals surface area contributed by atoms with Crippen LogP contribution >= 0.6 is 0 Å². The van der Waals surface area contributed by atoms with Gasteiger partial charge in [0.2, 0.25) is 0 Å². The fourth-order valence-electron chi connectivity index (χ4n) is 9.04. The van der Waals surface area contributed by atoms with Crippen molar-refractivity contribution in [1.29, 1.82) is 0 Å². The smallest absolute Gasteiger partial charge is 0.268 e. The second-order valence-electron chi connectivity index (χ2n) is 15.2. The molecule has 0 unspecified atom stereocenters. The Balaban J connectivity index is 0.00000410. The molecule has 8 aromatic carbocycles. The summed E-state index contributed by atoms with van der Waals surface area (Å²) in [5, 5.41) is 6.76. The summed E-state index contributed by atoms with van der Waals surface area (Å²) in [6.07, 6.45) is 5.57. The van der Waals surface area contributed by atoms with Gasteiger partial charge in [0.15, 0.2) is 0 Å². The van der Waals surface area contributed by atoms with Gasteiger partial charge in [-0.1, -0.05) is 103 Å². The van der Waals surface area contributed by atoms with Gasteiger partial charge in [-0.2, -0.15) is 18.2 Å². The first-order valence-electron chi connectivity index (χ1n) is 20.2. The average Bonchev–Trinajstić information content (AvgIpc) is 4.07. The summed E-state index contributed by atoms with van der Waals surface area (Å²) < 4.78 is 21.3.